The molecule has 2 aromatic rings. The van der Waals surface area contributed by atoms with E-state index in [1.807, 2.05) is 13.0 Å². The van der Waals surface area contributed by atoms with E-state index in [0.29, 0.717) is 34.5 Å². The van der Waals surface area contributed by atoms with Gasteiger partial charge in [-0.1, -0.05) is 11.6 Å². The molecule has 0 aromatic carbocycles. The molecule has 2 atom stereocenters. The zero-order valence-electron chi connectivity index (χ0n) is 17.6. The molecular weight excluding hydrogens is 402 g/mol. The number of carbonyl (C=O) groups excluding carboxylic acids is 1. The van der Waals surface area contributed by atoms with Crippen LogP contribution in [0.25, 0.3) is 11.1 Å². The van der Waals surface area contributed by atoms with E-state index in [1.165, 1.54) is 0 Å². The lowest BCUT2D eigenvalue weighted by Crippen LogP contribution is -2.40. The third-order valence-electron chi connectivity index (χ3n) is 5.96. The number of methoxy groups -OCH3 is 1. The van der Waals surface area contributed by atoms with Gasteiger partial charge in [0.2, 0.25) is 5.88 Å². The predicted molar refractivity (Wildman–Crippen MR) is 118 cm³/mol. The summed E-state index contributed by atoms with van der Waals surface area (Å²) in [5.41, 5.74) is 8.81. The van der Waals surface area contributed by atoms with E-state index in [1.54, 1.807) is 25.7 Å². The number of anilines is 1. The van der Waals surface area contributed by atoms with Gasteiger partial charge in [-0.2, -0.15) is 0 Å². The highest BCUT2D eigenvalue weighted by atomic mass is 35.5. The summed E-state index contributed by atoms with van der Waals surface area (Å²) in [5, 5.41) is 3.65. The summed E-state index contributed by atoms with van der Waals surface area (Å²) in [6, 6.07) is 1.94. The Hall–Kier alpha value is -2.38. The van der Waals surface area contributed by atoms with Gasteiger partial charge in [0.15, 0.2) is 0 Å². The van der Waals surface area contributed by atoms with Crippen LogP contribution in [-0.4, -0.2) is 47.7 Å². The number of carbonyl (C=O) groups is 1. The first-order valence-electron chi connectivity index (χ1n) is 10.3. The lowest BCUT2D eigenvalue weighted by atomic mass is 10.0. The molecule has 1 saturated carbocycles. The van der Waals surface area contributed by atoms with E-state index in [4.69, 9.17) is 22.1 Å². The maximum absolute atomic E-state index is 13.3. The molecular formula is C22H28ClN5O2. The number of hydrogen-bond acceptors (Lipinski definition) is 6. The third kappa shape index (κ3) is 4.23. The second kappa shape index (κ2) is 8.04. The number of pyridine rings is 2. The smallest absolute Gasteiger partial charge is 0.255 e. The van der Waals surface area contributed by atoms with Gasteiger partial charge < -0.3 is 20.7 Å². The lowest BCUT2D eigenvalue weighted by Gasteiger charge is -2.27. The van der Waals surface area contributed by atoms with Crippen LogP contribution in [0.5, 0.6) is 5.88 Å². The molecule has 2 fully saturated rings. The van der Waals surface area contributed by atoms with Crippen LogP contribution in [-0.2, 0) is 0 Å². The van der Waals surface area contributed by atoms with Gasteiger partial charge in [-0.3, -0.25) is 9.78 Å². The van der Waals surface area contributed by atoms with Crippen LogP contribution in [0.2, 0.25) is 5.02 Å². The summed E-state index contributed by atoms with van der Waals surface area (Å²) in [7, 11) is 1.57. The number of nitrogens with two attached hydrogens (primary N) is 1. The number of aromatic nitrogens is 2. The summed E-state index contributed by atoms with van der Waals surface area (Å²) >= 11 is 6.22. The van der Waals surface area contributed by atoms with Crippen LogP contribution in [0.15, 0.2) is 24.7 Å². The Morgan fingerprint density at radius 2 is 2.17 bits per heavy atom. The summed E-state index contributed by atoms with van der Waals surface area (Å²) in [4.78, 5) is 24.1. The van der Waals surface area contributed by atoms with E-state index < -0.39 is 0 Å². The molecule has 8 heteroatoms. The summed E-state index contributed by atoms with van der Waals surface area (Å²) < 4.78 is 5.58. The molecule has 0 spiro atoms. The number of halogens is 1. The summed E-state index contributed by atoms with van der Waals surface area (Å²) in [6.07, 6.45) is 8.02. The first kappa shape index (κ1) is 20.9. The number of hydrogen-bond donors (Lipinski definition) is 2. The molecule has 160 valence electrons. The highest BCUT2D eigenvalue weighted by Gasteiger charge is 2.36. The van der Waals surface area contributed by atoms with Crippen molar-refractivity contribution >= 4 is 23.2 Å². The molecule has 1 saturated heterocycles. The Morgan fingerprint density at radius 3 is 2.77 bits per heavy atom. The van der Waals surface area contributed by atoms with Crippen LogP contribution in [0.4, 0.5) is 5.69 Å². The molecule has 4 rings (SSSR count). The van der Waals surface area contributed by atoms with Gasteiger partial charge in [0.05, 0.1) is 28.9 Å². The van der Waals surface area contributed by atoms with Gasteiger partial charge in [-0.25, -0.2) is 4.98 Å². The molecule has 1 aliphatic carbocycles. The number of nitrogens with one attached hydrogen (secondary N) is 1. The molecule has 7 nitrogen and oxygen atoms in total. The van der Waals surface area contributed by atoms with Crippen molar-refractivity contribution in [1.82, 2.24) is 15.3 Å². The van der Waals surface area contributed by atoms with Crippen LogP contribution in [0, 0.1) is 5.92 Å². The fraction of sp³-hybridized carbons (Fsp3) is 0.500. The topological polar surface area (TPSA) is 93.4 Å². The van der Waals surface area contributed by atoms with E-state index >= 15 is 0 Å². The van der Waals surface area contributed by atoms with Gasteiger partial charge in [0, 0.05) is 48.8 Å². The van der Waals surface area contributed by atoms with Gasteiger partial charge in [-0.05, 0) is 45.1 Å². The molecule has 1 amide bonds. The predicted octanol–water partition coefficient (Wildman–Crippen LogP) is 3.26. The van der Waals surface area contributed by atoms with Crippen molar-refractivity contribution in [3.63, 3.8) is 0 Å². The molecule has 0 radical (unpaired) electrons. The first-order chi connectivity index (χ1) is 14.3. The van der Waals surface area contributed by atoms with E-state index in [9.17, 15) is 4.79 Å². The minimum absolute atomic E-state index is 0.127. The van der Waals surface area contributed by atoms with Gasteiger partial charge >= 0.3 is 0 Å². The van der Waals surface area contributed by atoms with Crippen molar-refractivity contribution in [2.24, 2.45) is 11.7 Å². The van der Waals surface area contributed by atoms with Crippen LogP contribution < -0.4 is 20.7 Å². The Labute approximate surface area is 182 Å². The molecule has 2 aliphatic rings. The molecule has 3 N–H and O–H groups in total. The van der Waals surface area contributed by atoms with Crippen molar-refractivity contribution in [3.05, 3.63) is 35.2 Å². The number of amides is 1. The Bertz CT molecular complexity index is 961. The lowest BCUT2D eigenvalue weighted by molar-refractivity contribution is 0.0936. The maximum atomic E-state index is 13.3. The molecule has 3 heterocycles. The average molecular weight is 430 g/mol. The average Bonchev–Trinajstić information content (AvgIpc) is 3.50. The Morgan fingerprint density at radius 1 is 1.40 bits per heavy atom. The second-order valence-electron chi connectivity index (χ2n) is 8.72. The van der Waals surface area contributed by atoms with E-state index in [2.05, 4.69) is 27.1 Å². The fourth-order valence-corrected chi connectivity index (χ4v) is 4.29. The van der Waals surface area contributed by atoms with E-state index in [0.717, 1.165) is 37.1 Å². The molecule has 0 bridgehead atoms. The van der Waals surface area contributed by atoms with Gasteiger partial charge in [0.25, 0.3) is 5.91 Å². The van der Waals surface area contributed by atoms with Crippen molar-refractivity contribution in [1.29, 1.82) is 0 Å². The highest BCUT2D eigenvalue weighted by molar-refractivity contribution is 6.30. The second-order valence-corrected chi connectivity index (χ2v) is 9.16. The van der Waals surface area contributed by atoms with Crippen LogP contribution in [0.3, 0.4) is 0 Å². The zero-order valence-corrected chi connectivity index (χ0v) is 18.4. The molecule has 1 aliphatic heterocycles. The SMILES string of the molecule is COc1ncc(C(=O)NC(C)C2CC2)c(N2CC[C@](C)(N)C2)c1-c1cncc(Cl)c1. The van der Waals surface area contributed by atoms with Crippen molar-refractivity contribution in [2.45, 2.75) is 44.7 Å². The zero-order chi connectivity index (χ0) is 21.5. The molecule has 2 aromatic heterocycles. The van der Waals surface area contributed by atoms with Crippen LogP contribution >= 0.6 is 11.6 Å². The first-order valence-corrected chi connectivity index (χ1v) is 10.7. The van der Waals surface area contributed by atoms with Crippen molar-refractivity contribution in [3.8, 4) is 17.0 Å². The maximum Gasteiger partial charge on any atom is 0.255 e. The summed E-state index contributed by atoms with van der Waals surface area (Å²) in [6.45, 7) is 5.45. The fourth-order valence-electron chi connectivity index (χ4n) is 4.12. The van der Waals surface area contributed by atoms with Gasteiger partial charge in [0.1, 0.15) is 0 Å². The van der Waals surface area contributed by atoms with Gasteiger partial charge in [-0.15, -0.1) is 0 Å². The quantitative estimate of drug-likeness (QED) is 0.732. The van der Waals surface area contributed by atoms with Crippen LogP contribution in [0.1, 0.15) is 43.5 Å². The Kier molecular flexibility index (Phi) is 5.59. The molecule has 1 unspecified atom stereocenters. The number of nitrogens with zero attached hydrogens (tertiary/aromatic N) is 3. The minimum atomic E-state index is -0.338. The third-order valence-corrected chi connectivity index (χ3v) is 6.16. The monoisotopic (exact) mass is 429 g/mol. The summed E-state index contributed by atoms with van der Waals surface area (Å²) in [5.74, 6) is 0.840. The van der Waals surface area contributed by atoms with Crippen molar-refractivity contribution < 1.29 is 9.53 Å². The molecule has 30 heavy (non-hydrogen) atoms. The highest BCUT2D eigenvalue weighted by Crippen LogP contribution is 2.42. The van der Waals surface area contributed by atoms with E-state index in [-0.39, 0.29) is 17.5 Å². The number of ether oxygens (including phenoxy) is 1. The largest absolute Gasteiger partial charge is 0.480 e. The van der Waals surface area contributed by atoms with Crippen molar-refractivity contribution in [2.75, 3.05) is 25.1 Å². The Balaban J connectivity index is 1.85. The minimum Gasteiger partial charge on any atom is -0.480 e. The normalized spacial score (nSPS) is 22.1. The number of rotatable bonds is 6. The standard InChI is InChI=1S/C22H28ClN5O2/c1-13(14-4-5-14)27-20(29)17-11-26-21(30-3)18(15-8-16(23)10-25-9-15)19(17)28-7-6-22(2,24)12-28/h8-11,13-14H,4-7,12,24H2,1-3H3,(H,27,29)/t13?,22-/m0/s1.